The maximum absolute atomic E-state index is 2.68. The van der Waals surface area contributed by atoms with Crippen molar-refractivity contribution < 1.29 is 0 Å². The van der Waals surface area contributed by atoms with E-state index in [1.165, 1.54) is 89.3 Å². The molecule has 0 atom stereocenters. The maximum Gasteiger partial charge on any atom is 0.329 e. The van der Waals surface area contributed by atoms with Gasteiger partial charge in [0, 0.05) is 18.2 Å². The van der Waals surface area contributed by atoms with Crippen molar-refractivity contribution in [2.75, 3.05) is 16.8 Å². The largest absolute Gasteiger partial charge is 0.373 e. The lowest BCUT2D eigenvalue weighted by Gasteiger charge is -2.44. The molecule has 0 radical (unpaired) electrons. The van der Waals surface area contributed by atoms with Crippen molar-refractivity contribution in [1.82, 2.24) is 0 Å². The highest BCUT2D eigenvalue weighted by Crippen LogP contribution is 2.57. The monoisotopic (exact) mass is 662 g/mol. The maximum atomic E-state index is 2.68. The molecule has 8 aromatic rings. The third kappa shape index (κ3) is 4.81. The van der Waals surface area contributed by atoms with Gasteiger partial charge in [-0.2, -0.15) is 0 Å². The first-order valence-corrected chi connectivity index (χ1v) is 18.0. The van der Waals surface area contributed by atoms with Crippen LogP contribution in [0.15, 0.2) is 194 Å². The molecule has 0 amide bonds. The fraction of sp³-hybridized carbons (Fsp3) is 0.0204. The molecule has 2 nitrogen and oxygen atoms in total. The van der Waals surface area contributed by atoms with E-state index in [-0.39, 0.29) is 6.85 Å². The summed E-state index contributed by atoms with van der Waals surface area (Å²) in [7, 11) is 2.25. The van der Waals surface area contributed by atoms with Gasteiger partial charge >= 0.3 is 6.85 Å². The van der Waals surface area contributed by atoms with E-state index < -0.39 is 0 Å². The number of hydrogen-bond acceptors (Lipinski definition) is 2. The number of rotatable bonds is 5. The molecule has 0 saturated carbocycles. The van der Waals surface area contributed by atoms with Crippen LogP contribution in [0.25, 0.3) is 55.6 Å². The van der Waals surface area contributed by atoms with Crippen molar-refractivity contribution in [3.05, 3.63) is 194 Å². The molecule has 2 aliphatic rings. The molecule has 244 valence electrons. The Hall–Kier alpha value is -6.58. The van der Waals surface area contributed by atoms with Gasteiger partial charge in [0.15, 0.2) is 0 Å². The Morgan fingerprint density at radius 1 is 0.327 bits per heavy atom. The van der Waals surface area contributed by atoms with Crippen LogP contribution in [0.1, 0.15) is 0 Å². The smallest absolute Gasteiger partial charge is 0.329 e. The summed E-state index contributed by atoms with van der Waals surface area (Å²) in [5, 5.41) is 0. The van der Waals surface area contributed by atoms with Gasteiger partial charge in [0.1, 0.15) is 0 Å². The van der Waals surface area contributed by atoms with Crippen LogP contribution in [-0.4, -0.2) is 13.9 Å². The fourth-order valence-corrected chi connectivity index (χ4v) is 8.43. The normalized spacial score (nSPS) is 12.6. The van der Waals surface area contributed by atoms with Gasteiger partial charge in [-0.15, -0.1) is 0 Å². The highest BCUT2D eigenvalue weighted by Gasteiger charge is 2.44. The van der Waals surface area contributed by atoms with Crippen LogP contribution in [0, 0.1) is 0 Å². The second-order valence-electron chi connectivity index (χ2n) is 13.8. The van der Waals surface area contributed by atoms with Gasteiger partial charge in [0.05, 0.1) is 22.7 Å². The predicted molar refractivity (Wildman–Crippen MR) is 222 cm³/mol. The van der Waals surface area contributed by atoms with Crippen molar-refractivity contribution in [1.29, 1.82) is 0 Å². The molecule has 0 bridgehead atoms. The lowest BCUT2D eigenvalue weighted by Crippen LogP contribution is -2.53. The molecule has 3 heteroatoms. The number of fused-ring (bicyclic) bond motifs is 5. The van der Waals surface area contributed by atoms with Crippen molar-refractivity contribution >= 4 is 40.5 Å². The van der Waals surface area contributed by atoms with Gasteiger partial charge in [0.25, 0.3) is 0 Å². The molecule has 0 aromatic heterocycles. The zero-order chi connectivity index (χ0) is 34.6. The molecule has 8 aromatic carbocycles. The molecule has 2 aliphatic heterocycles. The molecule has 0 saturated heterocycles. The molecule has 0 fully saturated rings. The minimum Gasteiger partial charge on any atom is -0.373 e. The summed E-state index contributed by atoms with van der Waals surface area (Å²) in [6, 6.07) is 71.0. The Balaban J connectivity index is 1.36. The molecular formula is C49H35BN2. The summed E-state index contributed by atoms with van der Waals surface area (Å²) in [5.74, 6) is 0. The Bertz CT molecular complexity index is 2400. The zero-order valence-corrected chi connectivity index (χ0v) is 28.9. The topological polar surface area (TPSA) is 6.48 Å². The van der Waals surface area contributed by atoms with Gasteiger partial charge in [-0.1, -0.05) is 170 Å². The Labute approximate surface area is 306 Å². The summed E-state index contributed by atoms with van der Waals surface area (Å²) < 4.78 is 0. The van der Waals surface area contributed by atoms with E-state index in [0.29, 0.717) is 0 Å². The van der Waals surface area contributed by atoms with Gasteiger partial charge in [0.2, 0.25) is 0 Å². The third-order valence-corrected chi connectivity index (χ3v) is 10.8. The summed E-state index contributed by atoms with van der Waals surface area (Å²) in [6.07, 6.45) is 0. The first-order valence-electron chi connectivity index (χ1n) is 18.0. The van der Waals surface area contributed by atoms with Gasteiger partial charge in [-0.3, -0.25) is 0 Å². The van der Waals surface area contributed by atoms with Crippen molar-refractivity contribution in [3.8, 4) is 55.6 Å². The lowest BCUT2D eigenvalue weighted by molar-refractivity contribution is 1.16. The fourth-order valence-electron chi connectivity index (χ4n) is 8.43. The van der Waals surface area contributed by atoms with Crippen LogP contribution >= 0.6 is 0 Å². The Kier molecular flexibility index (Phi) is 7.18. The standard InChI is InChI=1S/C49H35BN2/c1-51-46-32-38(34-18-6-2-7-19-34)30-42(36-22-10-4-11-23-36)48(46)52(50-44-28-16-14-26-40(44)41-27-15-17-29-45(41)50)49-43(37-24-12-5-13-25-37)31-39(33-47(49)51)35-20-8-3-9-21-35/h2-33H,1H3. The molecule has 0 spiro atoms. The second-order valence-corrected chi connectivity index (χ2v) is 13.8. The molecule has 10 rings (SSSR count). The molecule has 2 heterocycles. The molecule has 0 aliphatic carbocycles. The second kappa shape index (κ2) is 12.3. The lowest BCUT2D eigenvalue weighted by atomic mass is 9.51. The Morgan fingerprint density at radius 3 is 1.08 bits per heavy atom. The summed E-state index contributed by atoms with van der Waals surface area (Å²) in [5.41, 5.74) is 19.6. The van der Waals surface area contributed by atoms with E-state index in [1.807, 2.05) is 0 Å². The van der Waals surface area contributed by atoms with E-state index in [9.17, 15) is 0 Å². The predicted octanol–water partition coefficient (Wildman–Crippen LogP) is 11.4. The average Bonchev–Trinajstić information content (AvgIpc) is 3.56. The summed E-state index contributed by atoms with van der Waals surface area (Å²) >= 11 is 0. The van der Waals surface area contributed by atoms with E-state index in [0.717, 1.165) is 0 Å². The van der Waals surface area contributed by atoms with E-state index >= 15 is 0 Å². The van der Waals surface area contributed by atoms with E-state index in [2.05, 4.69) is 211 Å². The van der Waals surface area contributed by atoms with Crippen LogP contribution in [0.3, 0.4) is 0 Å². The highest BCUT2D eigenvalue weighted by atomic mass is 15.2. The van der Waals surface area contributed by atoms with E-state index in [1.54, 1.807) is 0 Å². The van der Waals surface area contributed by atoms with Gasteiger partial charge < -0.3 is 9.71 Å². The van der Waals surface area contributed by atoms with Crippen molar-refractivity contribution in [2.45, 2.75) is 0 Å². The number of nitrogens with zero attached hydrogens (tertiary/aromatic N) is 2. The zero-order valence-electron chi connectivity index (χ0n) is 28.9. The average molecular weight is 663 g/mol. The summed E-state index contributed by atoms with van der Waals surface area (Å²) in [6.45, 7) is -0.0475. The molecule has 0 unspecified atom stereocenters. The van der Waals surface area contributed by atoms with Crippen LogP contribution in [0.4, 0.5) is 22.7 Å². The molecular weight excluding hydrogens is 627 g/mol. The van der Waals surface area contributed by atoms with Gasteiger partial charge in [-0.25, -0.2) is 0 Å². The van der Waals surface area contributed by atoms with Crippen LogP contribution < -0.4 is 20.6 Å². The quantitative estimate of drug-likeness (QED) is 0.169. The van der Waals surface area contributed by atoms with Crippen LogP contribution in [-0.2, 0) is 0 Å². The van der Waals surface area contributed by atoms with Crippen molar-refractivity contribution in [2.24, 2.45) is 0 Å². The van der Waals surface area contributed by atoms with Crippen LogP contribution in [0.5, 0.6) is 0 Å². The summed E-state index contributed by atoms with van der Waals surface area (Å²) in [4.78, 5) is 5.12. The third-order valence-electron chi connectivity index (χ3n) is 10.8. The number of benzene rings is 8. The number of hydrogen-bond donors (Lipinski definition) is 0. The minimum absolute atomic E-state index is 0.0475. The SMILES string of the molecule is CN1c2cc(-c3ccccc3)cc(-c3ccccc3)c2N(B2c3ccccc3-c3ccccc32)c2c(-c3ccccc3)cc(-c3ccccc3)cc21. The number of anilines is 4. The first-order chi connectivity index (χ1) is 25.7. The molecule has 52 heavy (non-hydrogen) atoms. The van der Waals surface area contributed by atoms with Crippen LogP contribution in [0.2, 0.25) is 0 Å². The first kappa shape index (κ1) is 30.3. The van der Waals surface area contributed by atoms with Gasteiger partial charge in [-0.05, 0) is 79.7 Å². The minimum atomic E-state index is -0.0475. The highest BCUT2D eigenvalue weighted by molar-refractivity contribution is 6.93. The Morgan fingerprint density at radius 2 is 0.673 bits per heavy atom. The molecule has 0 N–H and O–H groups in total. The van der Waals surface area contributed by atoms with E-state index in [4.69, 9.17) is 0 Å². The van der Waals surface area contributed by atoms with Crippen molar-refractivity contribution in [3.63, 3.8) is 0 Å².